The normalized spacial score (nSPS) is 8.11. The van der Waals surface area contributed by atoms with Crippen LogP contribution in [0.4, 0.5) is 0 Å². The molecule has 1 heteroatoms. The molecule has 0 aliphatic heterocycles. The second-order valence-electron chi connectivity index (χ2n) is 2.09. The van der Waals surface area contributed by atoms with Crippen molar-refractivity contribution in [1.29, 1.82) is 0 Å². The minimum Gasteiger partial charge on any atom is -0.518 e. The Morgan fingerprint density at radius 2 is 1.89 bits per heavy atom. The third kappa shape index (κ3) is 12.0. The summed E-state index contributed by atoms with van der Waals surface area (Å²) in [6.07, 6.45) is 8.10. The van der Waals surface area contributed by atoms with Crippen molar-refractivity contribution in [3.8, 4) is 0 Å². The van der Waals surface area contributed by atoms with E-state index in [2.05, 4.69) is 6.92 Å². The first-order valence-corrected chi connectivity index (χ1v) is 3.45. The molecule has 0 aromatic rings. The Bertz CT molecular complexity index is 50.5. The summed E-state index contributed by atoms with van der Waals surface area (Å²) in [6.45, 7) is 7.40. The molecular weight excluding hydrogens is 187 g/mol. The van der Waals surface area contributed by atoms with E-state index in [1.807, 2.05) is 0 Å². The zero-order chi connectivity index (χ0) is 6.24. The zero-order valence-electron chi connectivity index (χ0n) is 6.19. The summed E-state index contributed by atoms with van der Waals surface area (Å²) in [6, 6.07) is 0. The first-order chi connectivity index (χ1) is 3.91. The zero-order valence-corrected chi connectivity index (χ0v) is 8.65. The van der Waals surface area contributed by atoms with Gasteiger partial charge in [-0.2, -0.15) is 0 Å². The van der Waals surface area contributed by atoms with Gasteiger partial charge in [0.1, 0.15) is 0 Å². The smallest absolute Gasteiger partial charge is 0 e. The predicted molar refractivity (Wildman–Crippen MR) is 37.6 cm³/mol. The van der Waals surface area contributed by atoms with E-state index in [0.29, 0.717) is 0 Å². The van der Waals surface area contributed by atoms with E-state index in [4.69, 9.17) is 6.58 Å². The second-order valence-corrected chi connectivity index (χ2v) is 2.09. The number of rotatable bonds is 5. The molecule has 0 fully saturated rings. The molecular formula is C8H15Zr-. The van der Waals surface area contributed by atoms with E-state index in [1.54, 1.807) is 6.08 Å². The van der Waals surface area contributed by atoms with Gasteiger partial charge in [0, 0.05) is 26.2 Å². The summed E-state index contributed by atoms with van der Waals surface area (Å²) in [7, 11) is 0. The maximum absolute atomic E-state index is 5.19. The van der Waals surface area contributed by atoms with Crippen LogP contribution >= 0.6 is 0 Å². The first kappa shape index (κ1) is 12.3. The molecule has 0 atom stereocenters. The molecule has 0 heterocycles. The molecule has 0 aromatic carbocycles. The Kier molecular flexibility index (Phi) is 15.6. The van der Waals surface area contributed by atoms with Gasteiger partial charge in [-0.3, -0.25) is 6.08 Å². The predicted octanol–water partition coefficient (Wildman–Crippen LogP) is 2.94. The fourth-order valence-electron chi connectivity index (χ4n) is 0.689. The molecule has 0 saturated heterocycles. The summed E-state index contributed by atoms with van der Waals surface area (Å²) in [5, 5.41) is 0. The van der Waals surface area contributed by atoms with Crippen LogP contribution in [0.5, 0.6) is 0 Å². The molecule has 0 saturated carbocycles. The number of hydrogen-bond donors (Lipinski definition) is 0. The monoisotopic (exact) mass is 201 g/mol. The van der Waals surface area contributed by atoms with Crippen LogP contribution in [0.3, 0.4) is 0 Å². The van der Waals surface area contributed by atoms with E-state index in [-0.39, 0.29) is 26.2 Å². The molecule has 0 rings (SSSR count). The van der Waals surface area contributed by atoms with Crippen molar-refractivity contribution in [3.63, 3.8) is 0 Å². The van der Waals surface area contributed by atoms with Gasteiger partial charge >= 0.3 is 0 Å². The van der Waals surface area contributed by atoms with Crippen LogP contribution in [0, 0.1) is 6.58 Å². The van der Waals surface area contributed by atoms with Crippen LogP contribution in [0.2, 0.25) is 0 Å². The third-order valence-corrected chi connectivity index (χ3v) is 1.22. The number of hydrogen-bond acceptors (Lipinski definition) is 0. The van der Waals surface area contributed by atoms with Gasteiger partial charge in [0.15, 0.2) is 0 Å². The Morgan fingerprint density at radius 3 is 2.33 bits per heavy atom. The minimum atomic E-state index is 0. The average Bonchev–Trinajstić information content (AvgIpc) is 1.81. The van der Waals surface area contributed by atoms with Crippen molar-refractivity contribution in [1.82, 2.24) is 0 Å². The first-order valence-electron chi connectivity index (χ1n) is 3.45. The van der Waals surface area contributed by atoms with E-state index < -0.39 is 0 Å². The fourth-order valence-corrected chi connectivity index (χ4v) is 0.689. The third-order valence-electron chi connectivity index (χ3n) is 1.22. The Morgan fingerprint density at radius 1 is 1.22 bits per heavy atom. The molecule has 0 amide bonds. The molecule has 9 heavy (non-hydrogen) atoms. The van der Waals surface area contributed by atoms with Crippen molar-refractivity contribution in [3.05, 3.63) is 12.7 Å². The van der Waals surface area contributed by atoms with Crippen LogP contribution < -0.4 is 0 Å². The molecule has 0 aromatic heterocycles. The molecule has 0 N–H and O–H groups in total. The van der Waals surface area contributed by atoms with Crippen molar-refractivity contribution < 1.29 is 26.2 Å². The van der Waals surface area contributed by atoms with Gasteiger partial charge in [-0.05, 0) is 0 Å². The van der Waals surface area contributed by atoms with Crippen LogP contribution in [-0.2, 0) is 26.2 Å². The standard InChI is InChI=1S/C8H15.Zr/c1-3-5-7-8-6-4-2;/h1,3H,4-8H2,2H3;/q-1;. The maximum Gasteiger partial charge on any atom is 0 e. The van der Waals surface area contributed by atoms with E-state index in [9.17, 15) is 0 Å². The molecule has 0 spiro atoms. The SMILES string of the molecule is [CH-]=CCCCCCC.[Zr]. The molecule has 52 valence electrons. The molecule has 0 radical (unpaired) electrons. The molecule has 0 unspecified atom stereocenters. The van der Waals surface area contributed by atoms with Gasteiger partial charge in [-0.25, -0.2) is 0 Å². The van der Waals surface area contributed by atoms with Gasteiger partial charge in [0.2, 0.25) is 0 Å². The van der Waals surface area contributed by atoms with Crippen molar-refractivity contribution in [2.45, 2.75) is 39.0 Å². The number of unbranched alkanes of at least 4 members (excludes halogenated alkanes) is 4. The van der Waals surface area contributed by atoms with Crippen LogP contribution in [-0.4, -0.2) is 0 Å². The quantitative estimate of drug-likeness (QED) is 0.475. The topological polar surface area (TPSA) is 0 Å². The maximum atomic E-state index is 5.19. The Hall–Kier alpha value is 0.623. The summed E-state index contributed by atoms with van der Waals surface area (Å²) in [5.74, 6) is 0. The van der Waals surface area contributed by atoms with Crippen LogP contribution in [0.1, 0.15) is 39.0 Å². The molecule has 0 aliphatic rings. The van der Waals surface area contributed by atoms with Crippen molar-refractivity contribution >= 4 is 0 Å². The molecule has 0 nitrogen and oxygen atoms in total. The van der Waals surface area contributed by atoms with E-state index in [1.165, 1.54) is 25.7 Å². The summed E-state index contributed by atoms with van der Waals surface area (Å²) in [4.78, 5) is 0. The molecule has 0 bridgehead atoms. The van der Waals surface area contributed by atoms with Crippen molar-refractivity contribution in [2.24, 2.45) is 0 Å². The molecule has 0 aliphatic carbocycles. The average molecular weight is 202 g/mol. The largest absolute Gasteiger partial charge is 0.518 e. The van der Waals surface area contributed by atoms with Crippen LogP contribution in [0.15, 0.2) is 6.08 Å². The Balaban J connectivity index is 0. The second kappa shape index (κ2) is 11.4. The van der Waals surface area contributed by atoms with Crippen molar-refractivity contribution in [2.75, 3.05) is 0 Å². The van der Waals surface area contributed by atoms with E-state index in [0.717, 1.165) is 6.42 Å². The van der Waals surface area contributed by atoms with Gasteiger partial charge in [-0.1, -0.05) is 39.0 Å². The summed E-state index contributed by atoms with van der Waals surface area (Å²) in [5.41, 5.74) is 0. The van der Waals surface area contributed by atoms with Gasteiger partial charge in [-0.15, -0.1) is 0 Å². The summed E-state index contributed by atoms with van der Waals surface area (Å²) >= 11 is 0. The van der Waals surface area contributed by atoms with Gasteiger partial charge in [0.05, 0.1) is 0 Å². The van der Waals surface area contributed by atoms with Gasteiger partial charge in [0.25, 0.3) is 0 Å². The van der Waals surface area contributed by atoms with Gasteiger partial charge < -0.3 is 6.58 Å². The fraction of sp³-hybridized carbons (Fsp3) is 0.750. The summed E-state index contributed by atoms with van der Waals surface area (Å²) < 4.78 is 0. The number of allylic oxidation sites excluding steroid dienone is 1. The minimum absolute atomic E-state index is 0. The Labute approximate surface area is 77.9 Å². The van der Waals surface area contributed by atoms with Crippen LogP contribution in [0.25, 0.3) is 0 Å². The van der Waals surface area contributed by atoms with E-state index >= 15 is 0 Å².